The maximum absolute atomic E-state index is 12.9. The molecule has 0 aliphatic rings. The summed E-state index contributed by atoms with van der Waals surface area (Å²) in [5.41, 5.74) is 1.40. The van der Waals surface area contributed by atoms with E-state index in [1.54, 1.807) is 36.4 Å². The van der Waals surface area contributed by atoms with Crippen LogP contribution in [0.2, 0.25) is 0 Å². The summed E-state index contributed by atoms with van der Waals surface area (Å²) in [6.07, 6.45) is -2.86. The number of carbonyl (C=O) groups excluding carboxylic acids is 1. The van der Waals surface area contributed by atoms with Crippen molar-refractivity contribution in [2.75, 3.05) is 5.32 Å². The molecule has 0 radical (unpaired) electrons. The van der Waals surface area contributed by atoms with Crippen LogP contribution in [0.5, 0.6) is 0 Å². The van der Waals surface area contributed by atoms with E-state index >= 15 is 0 Å². The molecule has 0 fully saturated rings. The van der Waals surface area contributed by atoms with Crippen LogP contribution in [0, 0.1) is 0 Å². The predicted molar refractivity (Wildman–Crippen MR) is 100 cm³/mol. The first-order valence-electron chi connectivity index (χ1n) is 8.24. The van der Waals surface area contributed by atoms with Gasteiger partial charge in [-0.2, -0.15) is 13.2 Å². The zero-order valence-electron chi connectivity index (χ0n) is 14.2. The molecule has 0 saturated carbocycles. The fraction of sp³-hybridized carbons (Fsp3) is 0.0455. The lowest BCUT2D eigenvalue weighted by molar-refractivity contribution is -0.137. The van der Waals surface area contributed by atoms with Crippen LogP contribution < -0.4 is 5.32 Å². The average molecular weight is 367 g/mol. The monoisotopic (exact) mass is 367 g/mol. The van der Waals surface area contributed by atoms with Crippen molar-refractivity contribution in [1.82, 2.24) is 0 Å². The SMILES string of the molecule is O=C(/C(=C\Nc1ccc(C(F)(F)F)cc1)c1ccccc1)c1ccccc1. The van der Waals surface area contributed by atoms with Crippen molar-refractivity contribution in [3.63, 3.8) is 0 Å². The molecule has 2 nitrogen and oxygen atoms in total. The van der Waals surface area contributed by atoms with E-state index in [0.717, 1.165) is 12.1 Å². The Morgan fingerprint density at radius 3 is 1.78 bits per heavy atom. The quantitative estimate of drug-likeness (QED) is 0.440. The lowest BCUT2D eigenvalue weighted by Gasteiger charge is -2.10. The smallest absolute Gasteiger partial charge is 0.361 e. The molecule has 0 aromatic heterocycles. The molecular formula is C22H16F3NO. The van der Waals surface area contributed by atoms with Gasteiger partial charge in [-0.1, -0.05) is 60.7 Å². The Morgan fingerprint density at radius 2 is 1.26 bits per heavy atom. The molecule has 0 atom stereocenters. The van der Waals surface area contributed by atoms with Gasteiger partial charge >= 0.3 is 6.18 Å². The van der Waals surface area contributed by atoms with E-state index in [0.29, 0.717) is 22.4 Å². The Kier molecular flexibility index (Phi) is 5.41. The predicted octanol–water partition coefficient (Wildman–Crippen LogP) is 6.04. The highest BCUT2D eigenvalue weighted by Crippen LogP contribution is 2.30. The zero-order valence-corrected chi connectivity index (χ0v) is 14.2. The van der Waals surface area contributed by atoms with Crippen molar-refractivity contribution < 1.29 is 18.0 Å². The second kappa shape index (κ2) is 7.91. The summed E-state index contributed by atoms with van der Waals surface area (Å²) in [7, 11) is 0. The van der Waals surface area contributed by atoms with Crippen molar-refractivity contribution in [3.05, 3.63) is 108 Å². The van der Waals surface area contributed by atoms with Gasteiger partial charge in [0.2, 0.25) is 0 Å². The van der Waals surface area contributed by atoms with Crippen LogP contribution in [0.25, 0.3) is 5.57 Å². The molecule has 136 valence electrons. The molecule has 5 heteroatoms. The molecule has 0 aliphatic heterocycles. The number of halogens is 3. The summed E-state index contributed by atoms with van der Waals surface area (Å²) in [5.74, 6) is -0.179. The number of benzene rings is 3. The van der Waals surface area contributed by atoms with E-state index in [1.165, 1.54) is 18.3 Å². The number of hydrogen-bond donors (Lipinski definition) is 1. The van der Waals surface area contributed by atoms with Gasteiger partial charge in [0.1, 0.15) is 0 Å². The van der Waals surface area contributed by atoms with Gasteiger partial charge in [-0.3, -0.25) is 4.79 Å². The summed E-state index contributed by atoms with van der Waals surface area (Å²) in [6, 6.07) is 22.6. The minimum absolute atomic E-state index is 0.179. The Morgan fingerprint density at radius 1 is 0.741 bits per heavy atom. The molecule has 0 spiro atoms. The topological polar surface area (TPSA) is 29.1 Å². The van der Waals surface area contributed by atoms with Gasteiger partial charge in [0.25, 0.3) is 0 Å². The Hall–Kier alpha value is -3.34. The van der Waals surface area contributed by atoms with Crippen molar-refractivity contribution >= 4 is 17.0 Å². The van der Waals surface area contributed by atoms with E-state index in [-0.39, 0.29) is 5.78 Å². The van der Waals surface area contributed by atoms with Gasteiger partial charge < -0.3 is 5.32 Å². The third kappa shape index (κ3) is 4.64. The summed E-state index contributed by atoms with van der Waals surface area (Å²) in [6.45, 7) is 0. The van der Waals surface area contributed by atoms with Crippen LogP contribution in [0.1, 0.15) is 21.5 Å². The molecule has 0 amide bonds. The van der Waals surface area contributed by atoms with Gasteiger partial charge in [-0.05, 0) is 29.8 Å². The van der Waals surface area contributed by atoms with Crippen molar-refractivity contribution in [2.45, 2.75) is 6.18 Å². The second-order valence-corrected chi connectivity index (χ2v) is 5.84. The number of ketones is 1. The molecule has 0 unspecified atom stereocenters. The number of allylic oxidation sites excluding steroid dienone is 1. The molecule has 3 rings (SSSR count). The second-order valence-electron chi connectivity index (χ2n) is 5.84. The fourth-order valence-electron chi connectivity index (χ4n) is 2.55. The number of hydrogen-bond acceptors (Lipinski definition) is 2. The molecular weight excluding hydrogens is 351 g/mol. The third-order valence-corrected chi connectivity index (χ3v) is 3.96. The number of Topliss-reactive ketones (excluding diaryl/α,β-unsaturated/α-hetero) is 1. The van der Waals surface area contributed by atoms with Gasteiger partial charge in [-0.15, -0.1) is 0 Å². The lowest BCUT2D eigenvalue weighted by Crippen LogP contribution is -2.06. The van der Waals surface area contributed by atoms with E-state index in [9.17, 15) is 18.0 Å². The summed E-state index contributed by atoms with van der Waals surface area (Å²) in [5, 5.41) is 2.92. The minimum Gasteiger partial charge on any atom is -0.361 e. The normalized spacial score (nSPS) is 11.9. The summed E-state index contributed by atoms with van der Waals surface area (Å²) in [4.78, 5) is 12.9. The highest BCUT2D eigenvalue weighted by Gasteiger charge is 2.29. The highest BCUT2D eigenvalue weighted by atomic mass is 19.4. The van der Waals surface area contributed by atoms with Crippen LogP contribution in [0.3, 0.4) is 0 Å². The van der Waals surface area contributed by atoms with Crippen molar-refractivity contribution in [2.24, 2.45) is 0 Å². The summed E-state index contributed by atoms with van der Waals surface area (Å²) >= 11 is 0. The van der Waals surface area contributed by atoms with Crippen molar-refractivity contribution in [3.8, 4) is 0 Å². The maximum atomic E-state index is 12.9. The van der Waals surface area contributed by atoms with Gasteiger partial charge in [0.15, 0.2) is 5.78 Å². The molecule has 1 N–H and O–H groups in total. The maximum Gasteiger partial charge on any atom is 0.416 e. The van der Waals surface area contributed by atoms with Crippen LogP contribution in [-0.2, 0) is 6.18 Å². The number of carbonyl (C=O) groups is 1. The first-order valence-corrected chi connectivity index (χ1v) is 8.24. The number of alkyl halides is 3. The first-order chi connectivity index (χ1) is 12.9. The largest absolute Gasteiger partial charge is 0.416 e. The first kappa shape index (κ1) is 18.5. The molecule has 0 saturated heterocycles. The number of rotatable bonds is 5. The summed E-state index contributed by atoms with van der Waals surface area (Å²) < 4.78 is 38.0. The standard InChI is InChI=1S/C22H16F3NO/c23-22(24,25)18-11-13-19(14-12-18)26-15-20(16-7-3-1-4-8-16)21(27)17-9-5-2-6-10-17/h1-15,26H/b20-15-. The van der Waals surface area contributed by atoms with E-state index in [4.69, 9.17) is 0 Å². The third-order valence-electron chi connectivity index (χ3n) is 3.96. The molecule has 0 aliphatic carbocycles. The average Bonchev–Trinajstić information content (AvgIpc) is 2.69. The Balaban J connectivity index is 1.90. The number of anilines is 1. The van der Waals surface area contributed by atoms with Crippen molar-refractivity contribution in [1.29, 1.82) is 0 Å². The fourth-order valence-corrected chi connectivity index (χ4v) is 2.55. The number of nitrogens with one attached hydrogen (secondary N) is 1. The molecule has 3 aromatic carbocycles. The van der Waals surface area contributed by atoms with Gasteiger partial charge in [0.05, 0.1) is 5.56 Å². The molecule has 27 heavy (non-hydrogen) atoms. The van der Waals surface area contributed by atoms with Gasteiger partial charge in [0, 0.05) is 23.0 Å². The molecule has 0 bridgehead atoms. The molecule has 0 heterocycles. The van der Waals surface area contributed by atoms with Crippen LogP contribution in [-0.4, -0.2) is 5.78 Å². The van der Waals surface area contributed by atoms with Crippen LogP contribution >= 0.6 is 0 Å². The van der Waals surface area contributed by atoms with Crippen LogP contribution in [0.15, 0.2) is 91.1 Å². The van der Waals surface area contributed by atoms with E-state index in [2.05, 4.69) is 5.32 Å². The van der Waals surface area contributed by atoms with Gasteiger partial charge in [-0.25, -0.2) is 0 Å². The molecule has 3 aromatic rings. The Labute approximate surface area is 155 Å². The lowest BCUT2D eigenvalue weighted by atomic mass is 9.97. The highest BCUT2D eigenvalue weighted by molar-refractivity contribution is 6.29. The minimum atomic E-state index is -4.38. The Bertz CT molecular complexity index is 931. The van der Waals surface area contributed by atoms with E-state index in [1.807, 2.05) is 24.3 Å². The van der Waals surface area contributed by atoms with Crippen LogP contribution in [0.4, 0.5) is 18.9 Å². The van der Waals surface area contributed by atoms with E-state index < -0.39 is 11.7 Å². The zero-order chi connectivity index (χ0) is 19.3.